The number of aryl methyl sites for hydroxylation is 1. The number of nitrogens with zero attached hydrogens (tertiary/aromatic N) is 2. The number of rotatable bonds is 4. The second-order valence-corrected chi connectivity index (χ2v) is 7.14. The molecule has 4 heteroatoms. The Morgan fingerprint density at radius 2 is 2.25 bits per heavy atom. The van der Waals surface area contributed by atoms with Crippen LogP contribution in [0, 0.1) is 16.7 Å². The molecule has 2 saturated carbocycles. The van der Waals surface area contributed by atoms with E-state index in [0.29, 0.717) is 24.3 Å². The highest BCUT2D eigenvalue weighted by Crippen LogP contribution is 2.66. The first-order chi connectivity index (χ1) is 9.43. The number of aromatic nitrogens is 2. The predicted molar refractivity (Wildman–Crippen MR) is 76.0 cm³/mol. The highest BCUT2D eigenvalue weighted by molar-refractivity contribution is 5.69. The van der Waals surface area contributed by atoms with Gasteiger partial charge in [0.1, 0.15) is 6.10 Å². The van der Waals surface area contributed by atoms with Gasteiger partial charge in [-0.3, -0.25) is 4.79 Å². The lowest BCUT2D eigenvalue weighted by atomic mass is 9.70. The van der Waals surface area contributed by atoms with Crippen LogP contribution in [0.1, 0.15) is 46.5 Å². The summed E-state index contributed by atoms with van der Waals surface area (Å²) in [5, 5.41) is 0. The van der Waals surface area contributed by atoms with Crippen LogP contribution in [0.5, 0.6) is 0 Å². The van der Waals surface area contributed by atoms with Crippen molar-refractivity contribution in [1.29, 1.82) is 0 Å². The van der Waals surface area contributed by atoms with Crippen LogP contribution in [-0.4, -0.2) is 21.6 Å². The van der Waals surface area contributed by atoms with Crippen LogP contribution in [0.2, 0.25) is 0 Å². The number of hydrogen-bond donors (Lipinski definition) is 0. The van der Waals surface area contributed by atoms with Crippen LogP contribution in [0.25, 0.3) is 0 Å². The molecule has 0 amide bonds. The Labute approximate surface area is 120 Å². The van der Waals surface area contributed by atoms with Crippen molar-refractivity contribution in [3.8, 4) is 0 Å². The van der Waals surface area contributed by atoms with Crippen molar-refractivity contribution in [2.45, 2.75) is 59.1 Å². The minimum Gasteiger partial charge on any atom is -0.462 e. The molecule has 2 aliphatic carbocycles. The summed E-state index contributed by atoms with van der Waals surface area (Å²) in [5.41, 5.74) is 0.449. The smallest absolute Gasteiger partial charge is 0.307 e. The van der Waals surface area contributed by atoms with Gasteiger partial charge in [0.2, 0.25) is 0 Å². The van der Waals surface area contributed by atoms with Crippen LogP contribution >= 0.6 is 0 Å². The Balaban J connectivity index is 1.58. The van der Waals surface area contributed by atoms with E-state index in [1.807, 2.05) is 10.8 Å². The Kier molecular flexibility index (Phi) is 3.14. The predicted octanol–water partition coefficient (Wildman–Crippen LogP) is 3.03. The van der Waals surface area contributed by atoms with Crippen molar-refractivity contribution in [1.82, 2.24) is 9.55 Å². The van der Waals surface area contributed by atoms with Gasteiger partial charge in [-0.05, 0) is 30.6 Å². The number of esters is 1. The Bertz CT molecular complexity index is 495. The Morgan fingerprint density at radius 1 is 1.45 bits per heavy atom. The molecular formula is C16H24N2O2. The molecule has 2 bridgehead atoms. The van der Waals surface area contributed by atoms with Gasteiger partial charge in [0.05, 0.1) is 12.7 Å². The molecule has 0 unspecified atom stereocenters. The molecule has 20 heavy (non-hydrogen) atoms. The van der Waals surface area contributed by atoms with E-state index in [2.05, 4.69) is 25.8 Å². The summed E-state index contributed by atoms with van der Waals surface area (Å²) < 4.78 is 7.72. The van der Waals surface area contributed by atoms with E-state index in [1.54, 1.807) is 12.5 Å². The number of hydrogen-bond acceptors (Lipinski definition) is 3. The number of imidazole rings is 1. The molecule has 0 spiro atoms. The standard InChI is InChI=1S/C16H24N2O2/c1-15(2)12-4-6-16(15,3)13(10-12)20-14(19)5-8-18-9-7-17-11-18/h7,9,11-13H,4-6,8,10H2,1-3H3/t12-,13-,16+/m0/s1. The van der Waals surface area contributed by atoms with Gasteiger partial charge in [-0.15, -0.1) is 0 Å². The van der Waals surface area contributed by atoms with Crippen LogP contribution in [0.3, 0.4) is 0 Å². The lowest BCUT2D eigenvalue weighted by molar-refractivity contribution is -0.157. The lowest BCUT2D eigenvalue weighted by Crippen LogP contribution is -2.38. The molecule has 4 nitrogen and oxygen atoms in total. The van der Waals surface area contributed by atoms with Gasteiger partial charge >= 0.3 is 5.97 Å². The monoisotopic (exact) mass is 276 g/mol. The zero-order valence-corrected chi connectivity index (χ0v) is 12.6. The van der Waals surface area contributed by atoms with Crippen molar-refractivity contribution in [3.63, 3.8) is 0 Å². The van der Waals surface area contributed by atoms with Crippen LogP contribution < -0.4 is 0 Å². The molecule has 110 valence electrons. The lowest BCUT2D eigenvalue weighted by Gasteiger charge is -2.38. The Morgan fingerprint density at radius 3 is 2.80 bits per heavy atom. The van der Waals surface area contributed by atoms with Crippen molar-refractivity contribution in [2.75, 3.05) is 0 Å². The summed E-state index contributed by atoms with van der Waals surface area (Å²) >= 11 is 0. The van der Waals surface area contributed by atoms with Gasteiger partial charge in [0.15, 0.2) is 0 Å². The highest BCUT2D eigenvalue weighted by Gasteiger charge is 2.62. The van der Waals surface area contributed by atoms with Crippen molar-refractivity contribution >= 4 is 5.97 Å². The van der Waals surface area contributed by atoms with Gasteiger partial charge in [-0.25, -0.2) is 4.98 Å². The number of ether oxygens (including phenoxy) is 1. The van der Waals surface area contributed by atoms with Gasteiger partial charge in [-0.2, -0.15) is 0 Å². The number of fused-ring (bicyclic) bond motifs is 2. The largest absolute Gasteiger partial charge is 0.462 e. The molecule has 0 N–H and O–H groups in total. The SMILES string of the molecule is CC1(C)[C@H]2CC[C@]1(C)[C@@H](OC(=O)CCn1ccnc1)C2. The zero-order valence-electron chi connectivity index (χ0n) is 12.6. The third-order valence-electron chi connectivity index (χ3n) is 6.12. The maximum Gasteiger partial charge on any atom is 0.307 e. The Hall–Kier alpha value is -1.32. The summed E-state index contributed by atoms with van der Waals surface area (Å²) in [6.07, 6.45) is 9.37. The second-order valence-electron chi connectivity index (χ2n) is 7.14. The van der Waals surface area contributed by atoms with Gasteiger partial charge < -0.3 is 9.30 Å². The average molecular weight is 276 g/mol. The first kappa shape index (κ1) is 13.7. The molecule has 0 aliphatic heterocycles. The average Bonchev–Trinajstić information content (AvgIpc) is 3.02. The molecule has 3 atom stereocenters. The van der Waals surface area contributed by atoms with E-state index >= 15 is 0 Å². The fourth-order valence-corrected chi connectivity index (χ4v) is 4.17. The maximum absolute atomic E-state index is 12.1. The fraction of sp³-hybridized carbons (Fsp3) is 0.750. The normalized spacial score (nSPS) is 34.4. The first-order valence-corrected chi connectivity index (χ1v) is 7.59. The summed E-state index contributed by atoms with van der Waals surface area (Å²) in [4.78, 5) is 16.0. The zero-order chi connectivity index (χ0) is 14.4. The third kappa shape index (κ3) is 1.97. The maximum atomic E-state index is 12.1. The minimum atomic E-state index is -0.0757. The van der Waals surface area contributed by atoms with Crippen molar-refractivity contribution in [2.24, 2.45) is 16.7 Å². The fourth-order valence-electron chi connectivity index (χ4n) is 4.17. The summed E-state index contributed by atoms with van der Waals surface area (Å²) in [5.74, 6) is 0.632. The molecule has 2 fully saturated rings. The molecule has 0 saturated heterocycles. The molecule has 1 aromatic rings. The van der Waals surface area contributed by atoms with E-state index in [-0.39, 0.29) is 17.5 Å². The van der Waals surface area contributed by atoms with E-state index in [1.165, 1.54) is 12.8 Å². The molecule has 1 heterocycles. The van der Waals surface area contributed by atoms with E-state index in [9.17, 15) is 4.79 Å². The topological polar surface area (TPSA) is 44.1 Å². The van der Waals surface area contributed by atoms with Crippen molar-refractivity contribution < 1.29 is 9.53 Å². The third-order valence-corrected chi connectivity index (χ3v) is 6.12. The van der Waals surface area contributed by atoms with Crippen LogP contribution in [0.15, 0.2) is 18.7 Å². The van der Waals surface area contributed by atoms with Gasteiger partial charge in [0.25, 0.3) is 0 Å². The van der Waals surface area contributed by atoms with E-state index < -0.39 is 0 Å². The quantitative estimate of drug-likeness (QED) is 0.794. The van der Waals surface area contributed by atoms with Gasteiger partial charge in [-0.1, -0.05) is 20.8 Å². The molecule has 0 radical (unpaired) electrons. The summed E-state index contributed by atoms with van der Waals surface area (Å²) in [7, 11) is 0. The molecule has 1 aromatic heterocycles. The second kappa shape index (κ2) is 4.61. The van der Waals surface area contributed by atoms with Crippen LogP contribution in [-0.2, 0) is 16.1 Å². The number of carbonyl (C=O) groups excluding carboxylic acids is 1. The minimum absolute atomic E-state index is 0.0757. The molecule has 2 aliphatic rings. The molecule has 3 rings (SSSR count). The summed E-state index contributed by atoms with van der Waals surface area (Å²) in [6, 6.07) is 0. The number of carbonyl (C=O) groups is 1. The van der Waals surface area contributed by atoms with E-state index in [4.69, 9.17) is 4.74 Å². The molecular weight excluding hydrogens is 252 g/mol. The van der Waals surface area contributed by atoms with Crippen LogP contribution in [0.4, 0.5) is 0 Å². The highest BCUT2D eigenvalue weighted by atomic mass is 16.5. The van der Waals surface area contributed by atoms with E-state index in [0.717, 1.165) is 6.42 Å². The summed E-state index contributed by atoms with van der Waals surface area (Å²) in [6.45, 7) is 7.62. The molecule has 0 aromatic carbocycles. The van der Waals surface area contributed by atoms with Crippen molar-refractivity contribution in [3.05, 3.63) is 18.7 Å². The van der Waals surface area contributed by atoms with Gasteiger partial charge in [0, 0.05) is 24.4 Å². The first-order valence-electron chi connectivity index (χ1n) is 7.59.